The summed E-state index contributed by atoms with van der Waals surface area (Å²) in [7, 11) is 1.55. The molecule has 0 fully saturated rings. The summed E-state index contributed by atoms with van der Waals surface area (Å²) in [5.41, 5.74) is 0.906. The molecule has 0 bridgehead atoms. The van der Waals surface area contributed by atoms with E-state index in [4.69, 9.17) is 4.84 Å². The fourth-order valence-corrected chi connectivity index (χ4v) is 1.02. The summed E-state index contributed by atoms with van der Waals surface area (Å²) in [5, 5.41) is 1.59. The van der Waals surface area contributed by atoms with Gasteiger partial charge in [-0.25, -0.2) is 4.39 Å². The van der Waals surface area contributed by atoms with Crippen molar-refractivity contribution in [1.82, 2.24) is 0 Å². The van der Waals surface area contributed by atoms with E-state index in [1.54, 1.807) is 12.2 Å². The molecular formula is C10H12FNO. The van der Waals surface area contributed by atoms with Crippen molar-refractivity contribution in [3.05, 3.63) is 42.7 Å². The van der Waals surface area contributed by atoms with E-state index in [2.05, 4.69) is 0 Å². The predicted molar refractivity (Wildman–Crippen MR) is 51.0 cm³/mol. The van der Waals surface area contributed by atoms with Gasteiger partial charge in [-0.15, -0.1) is 0 Å². The number of nitrogens with zero attached hydrogens (tertiary/aromatic N) is 1. The number of anilines is 1. The van der Waals surface area contributed by atoms with Crippen molar-refractivity contribution in [3.63, 3.8) is 0 Å². The predicted octanol–water partition coefficient (Wildman–Crippen LogP) is 2.54. The highest BCUT2D eigenvalue weighted by Gasteiger charge is 2.00. The lowest BCUT2D eigenvalue weighted by molar-refractivity contribution is 0.175. The quantitative estimate of drug-likeness (QED) is 0.662. The molecule has 3 heteroatoms. The average Bonchev–Trinajstić information content (AvgIpc) is 2.21. The molecule has 1 aromatic carbocycles. The molecular weight excluding hydrogens is 169 g/mol. The molecule has 1 aromatic rings. The Morgan fingerprint density at radius 1 is 1.38 bits per heavy atom. The topological polar surface area (TPSA) is 12.5 Å². The third-order valence-corrected chi connectivity index (χ3v) is 1.62. The Balaban J connectivity index is 2.67. The van der Waals surface area contributed by atoms with Gasteiger partial charge in [-0.1, -0.05) is 18.2 Å². The van der Waals surface area contributed by atoms with Gasteiger partial charge in [0.1, 0.15) is 0 Å². The van der Waals surface area contributed by atoms with E-state index in [9.17, 15) is 4.39 Å². The molecule has 0 saturated heterocycles. The zero-order valence-electron chi connectivity index (χ0n) is 7.48. The van der Waals surface area contributed by atoms with E-state index < -0.39 is 0 Å². The molecule has 70 valence electrons. The number of hydrogen-bond acceptors (Lipinski definition) is 2. The van der Waals surface area contributed by atoms with Gasteiger partial charge in [0.2, 0.25) is 0 Å². The second-order valence-electron chi connectivity index (χ2n) is 2.44. The van der Waals surface area contributed by atoms with E-state index in [0.717, 1.165) is 5.69 Å². The highest BCUT2D eigenvalue weighted by atomic mass is 19.1. The molecule has 2 nitrogen and oxygen atoms in total. The fraction of sp³-hybridized carbons (Fsp3) is 0.200. The lowest BCUT2D eigenvalue weighted by Crippen LogP contribution is -2.21. The summed E-state index contributed by atoms with van der Waals surface area (Å²) in [6.07, 6.45) is 1.89. The zero-order chi connectivity index (χ0) is 9.52. The lowest BCUT2D eigenvalue weighted by Gasteiger charge is -2.19. The van der Waals surface area contributed by atoms with Crippen LogP contribution in [0.2, 0.25) is 0 Å². The Bertz CT molecular complexity index is 261. The Labute approximate surface area is 77.2 Å². The summed E-state index contributed by atoms with van der Waals surface area (Å²) >= 11 is 0. The summed E-state index contributed by atoms with van der Waals surface area (Å²) in [5.74, 6) is 0. The summed E-state index contributed by atoms with van der Waals surface area (Å²) in [6, 6.07) is 9.52. The van der Waals surface area contributed by atoms with Crippen molar-refractivity contribution in [2.24, 2.45) is 0 Å². The molecule has 0 saturated carbocycles. The maximum Gasteiger partial charge on any atom is 0.0845 e. The molecule has 0 aliphatic rings. The Morgan fingerprint density at radius 2 is 2.08 bits per heavy atom. The molecule has 13 heavy (non-hydrogen) atoms. The number of benzene rings is 1. The molecule has 0 radical (unpaired) electrons. The number of hydrogen-bond donors (Lipinski definition) is 0. The molecule has 0 aliphatic carbocycles. The van der Waals surface area contributed by atoms with E-state index >= 15 is 0 Å². The van der Waals surface area contributed by atoms with Crippen molar-refractivity contribution >= 4 is 5.69 Å². The minimum absolute atomic E-state index is 0.400. The number of hydroxylamine groups is 1. The largest absolute Gasteiger partial charge is 0.276 e. The smallest absolute Gasteiger partial charge is 0.0845 e. The van der Waals surface area contributed by atoms with Gasteiger partial charge >= 0.3 is 0 Å². The van der Waals surface area contributed by atoms with Crippen molar-refractivity contribution < 1.29 is 9.23 Å². The highest BCUT2D eigenvalue weighted by Crippen LogP contribution is 2.12. The van der Waals surface area contributed by atoms with Crippen LogP contribution in [0.5, 0.6) is 0 Å². The minimum atomic E-state index is 0.400. The second-order valence-corrected chi connectivity index (χ2v) is 2.44. The maximum atomic E-state index is 11.7. The van der Waals surface area contributed by atoms with Crippen LogP contribution in [0.15, 0.2) is 42.7 Å². The molecule has 0 spiro atoms. The van der Waals surface area contributed by atoms with E-state index in [0.29, 0.717) is 12.9 Å². The van der Waals surface area contributed by atoms with Gasteiger partial charge in [0.05, 0.1) is 25.7 Å². The van der Waals surface area contributed by atoms with Gasteiger partial charge in [0.25, 0.3) is 0 Å². The molecule has 0 N–H and O–H groups in total. The van der Waals surface area contributed by atoms with Gasteiger partial charge in [-0.3, -0.25) is 9.90 Å². The standard InChI is InChI=1S/C10H12FNO/c1-13-12(9-5-8-11)10-6-3-2-4-7-10/h2-8H,9H2,1H3. The van der Waals surface area contributed by atoms with E-state index in [1.807, 2.05) is 30.3 Å². The summed E-state index contributed by atoms with van der Waals surface area (Å²) < 4.78 is 11.7. The first-order chi connectivity index (χ1) is 6.38. The number of halogens is 1. The highest BCUT2D eigenvalue weighted by molar-refractivity contribution is 5.43. The number of para-hydroxylation sites is 1. The van der Waals surface area contributed by atoms with Gasteiger partial charge in [0, 0.05) is 0 Å². The summed E-state index contributed by atoms with van der Waals surface area (Å²) in [4.78, 5) is 5.05. The minimum Gasteiger partial charge on any atom is -0.276 e. The monoisotopic (exact) mass is 181 g/mol. The zero-order valence-corrected chi connectivity index (χ0v) is 7.48. The summed E-state index contributed by atoms with van der Waals surface area (Å²) in [6.45, 7) is 0.400. The molecule has 0 amide bonds. The van der Waals surface area contributed by atoms with E-state index in [-0.39, 0.29) is 0 Å². The second kappa shape index (κ2) is 5.32. The Kier molecular flexibility index (Phi) is 3.99. The van der Waals surface area contributed by atoms with Crippen LogP contribution in [-0.2, 0) is 4.84 Å². The first-order valence-electron chi connectivity index (χ1n) is 4.00. The molecule has 0 atom stereocenters. The van der Waals surface area contributed by atoms with Crippen LogP contribution < -0.4 is 5.06 Å². The van der Waals surface area contributed by atoms with E-state index in [1.165, 1.54) is 6.08 Å². The third-order valence-electron chi connectivity index (χ3n) is 1.62. The first-order valence-corrected chi connectivity index (χ1v) is 4.00. The Morgan fingerprint density at radius 3 is 2.62 bits per heavy atom. The van der Waals surface area contributed by atoms with Crippen LogP contribution in [0.25, 0.3) is 0 Å². The Hall–Kier alpha value is -1.35. The lowest BCUT2D eigenvalue weighted by atomic mass is 10.3. The van der Waals surface area contributed by atoms with Gasteiger partial charge in [-0.2, -0.15) is 0 Å². The van der Waals surface area contributed by atoms with Gasteiger partial charge < -0.3 is 0 Å². The molecule has 0 aliphatic heterocycles. The normalized spacial score (nSPS) is 10.6. The van der Waals surface area contributed by atoms with Gasteiger partial charge in [-0.05, 0) is 18.2 Å². The molecule has 0 aromatic heterocycles. The van der Waals surface area contributed by atoms with Crippen LogP contribution >= 0.6 is 0 Å². The van der Waals surface area contributed by atoms with Crippen molar-refractivity contribution in [1.29, 1.82) is 0 Å². The fourth-order valence-electron chi connectivity index (χ4n) is 1.02. The molecule has 1 rings (SSSR count). The number of rotatable bonds is 4. The van der Waals surface area contributed by atoms with Crippen LogP contribution in [0, 0.1) is 0 Å². The molecule has 0 unspecified atom stereocenters. The van der Waals surface area contributed by atoms with Crippen molar-refractivity contribution in [2.45, 2.75) is 0 Å². The van der Waals surface area contributed by atoms with Gasteiger partial charge in [0.15, 0.2) is 0 Å². The van der Waals surface area contributed by atoms with Crippen molar-refractivity contribution in [3.8, 4) is 0 Å². The third kappa shape index (κ3) is 2.87. The van der Waals surface area contributed by atoms with Crippen LogP contribution in [0.3, 0.4) is 0 Å². The SMILES string of the molecule is CON(CC=CF)c1ccccc1. The average molecular weight is 181 g/mol. The first kappa shape index (κ1) is 9.74. The van der Waals surface area contributed by atoms with Crippen molar-refractivity contribution in [2.75, 3.05) is 18.7 Å². The van der Waals surface area contributed by atoms with Crippen LogP contribution in [0.4, 0.5) is 10.1 Å². The van der Waals surface area contributed by atoms with Crippen LogP contribution in [0.1, 0.15) is 0 Å². The van der Waals surface area contributed by atoms with Crippen LogP contribution in [-0.4, -0.2) is 13.7 Å². The maximum absolute atomic E-state index is 11.7. The molecule has 0 heterocycles.